The number of aromatic nitrogens is 1. The molecule has 1 saturated heterocycles. The summed E-state index contributed by atoms with van der Waals surface area (Å²) in [7, 11) is 0. The highest BCUT2D eigenvalue weighted by molar-refractivity contribution is 7.15. The summed E-state index contributed by atoms with van der Waals surface area (Å²) >= 11 is 1.47. The number of amides is 3. The van der Waals surface area contributed by atoms with Crippen LogP contribution in [-0.4, -0.2) is 47.2 Å². The predicted molar refractivity (Wildman–Crippen MR) is 119 cm³/mol. The summed E-state index contributed by atoms with van der Waals surface area (Å²) in [4.78, 5) is 43.6. The van der Waals surface area contributed by atoms with Crippen LogP contribution in [0.4, 0.5) is 16.5 Å². The van der Waals surface area contributed by atoms with E-state index in [0.717, 1.165) is 30.0 Å². The lowest BCUT2D eigenvalue weighted by Gasteiger charge is -2.31. The van der Waals surface area contributed by atoms with Crippen molar-refractivity contribution in [3.05, 3.63) is 34.8 Å². The number of aryl methyl sites for hydroxylation is 2. The Bertz CT molecular complexity index is 906. The number of thiazole rings is 1. The number of likely N-dealkylation sites (tertiary alicyclic amines) is 1. The van der Waals surface area contributed by atoms with Crippen LogP contribution in [0.15, 0.2) is 24.3 Å². The van der Waals surface area contributed by atoms with Crippen LogP contribution in [0.1, 0.15) is 30.3 Å². The van der Waals surface area contributed by atoms with E-state index in [-0.39, 0.29) is 30.2 Å². The van der Waals surface area contributed by atoms with Gasteiger partial charge in [-0.2, -0.15) is 0 Å². The molecule has 3 amide bonds. The highest BCUT2D eigenvalue weighted by Gasteiger charge is 2.27. The zero-order valence-corrected chi connectivity index (χ0v) is 18.3. The van der Waals surface area contributed by atoms with Gasteiger partial charge in [-0.05, 0) is 57.5 Å². The Hall–Kier alpha value is -2.78. The van der Waals surface area contributed by atoms with E-state index in [4.69, 9.17) is 0 Å². The van der Waals surface area contributed by atoms with Gasteiger partial charge in [0.15, 0.2) is 5.13 Å². The summed E-state index contributed by atoms with van der Waals surface area (Å²) < 4.78 is 0. The van der Waals surface area contributed by atoms with Gasteiger partial charge in [0.05, 0.1) is 18.2 Å². The smallest absolute Gasteiger partial charge is 0.240 e. The molecule has 0 saturated carbocycles. The van der Waals surface area contributed by atoms with Gasteiger partial charge in [0.1, 0.15) is 0 Å². The molecule has 1 fully saturated rings. The highest BCUT2D eigenvalue weighted by Crippen LogP contribution is 2.22. The average Bonchev–Trinajstić information content (AvgIpc) is 3.00. The van der Waals surface area contributed by atoms with Crippen molar-refractivity contribution in [1.82, 2.24) is 9.88 Å². The number of hydrogen-bond acceptors (Lipinski definition) is 6. The molecule has 1 aliphatic heterocycles. The third-order valence-electron chi connectivity index (χ3n) is 4.99. The standard InChI is InChI=1S/C21H27N5O3S/c1-13-14(2)30-21(22-13)25-19(28)12-26-10-4-5-16(11-26)20(29)24-18-8-6-17(7-9-18)23-15(3)27/h6-9,16H,4-5,10-12H2,1-3H3,(H,23,27)(H,24,29)(H,22,25,28). The Labute approximate surface area is 180 Å². The van der Waals surface area contributed by atoms with E-state index in [1.54, 1.807) is 24.3 Å². The van der Waals surface area contributed by atoms with E-state index in [9.17, 15) is 14.4 Å². The number of carbonyl (C=O) groups is 3. The molecule has 2 heterocycles. The monoisotopic (exact) mass is 429 g/mol. The van der Waals surface area contributed by atoms with E-state index in [0.29, 0.717) is 23.1 Å². The van der Waals surface area contributed by atoms with E-state index < -0.39 is 0 Å². The normalized spacial score (nSPS) is 16.7. The summed E-state index contributed by atoms with van der Waals surface area (Å²) in [6.07, 6.45) is 1.65. The van der Waals surface area contributed by atoms with Gasteiger partial charge in [-0.25, -0.2) is 4.98 Å². The predicted octanol–water partition coefficient (Wildman–Crippen LogP) is 3.01. The second-order valence-corrected chi connectivity index (χ2v) is 8.73. The first-order valence-corrected chi connectivity index (χ1v) is 10.8. The molecule has 30 heavy (non-hydrogen) atoms. The van der Waals surface area contributed by atoms with E-state index in [2.05, 4.69) is 20.9 Å². The summed E-state index contributed by atoms with van der Waals surface area (Å²) in [6.45, 7) is 6.92. The van der Waals surface area contributed by atoms with Crippen molar-refractivity contribution >= 4 is 45.6 Å². The van der Waals surface area contributed by atoms with Crippen molar-refractivity contribution in [2.75, 3.05) is 35.6 Å². The van der Waals surface area contributed by atoms with Gasteiger partial charge in [0, 0.05) is 29.7 Å². The maximum atomic E-state index is 12.7. The first-order valence-electron chi connectivity index (χ1n) is 9.95. The molecule has 1 aromatic carbocycles. The molecule has 160 valence electrons. The van der Waals surface area contributed by atoms with Crippen molar-refractivity contribution in [1.29, 1.82) is 0 Å². The van der Waals surface area contributed by atoms with Crippen LogP contribution in [0, 0.1) is 19.8 Å². The topological polar surface area (TPSA) is 103 Å². The van der Waals surface area contributed by atoms with Gasteiger partial charge >= 0.3 is 0 Å². The van der Waals surface area contributed by atoms with Gasteiger partial charge < -0.3 is 16.0 Å². The lowest BCUT2D eigenvalue weighted by Crippen LogP contribution is -2.43. The van der Waals surface area contributed by atoms with Crippen LogP contribution in [-0.2, 0) is 14.4 Å². The largest absolute Gasteiger partial charge is 0.326 e. The quantitative estimate of drug-likeness (QED) is 0.655. The SMILES string of the molecule is CC(=O)Nc1ccc(NC(=O)C2CCCN(CC(=O)Nc3nc(C)c(C)s3)C2)cc1. The Morgan fingerprint density at radius 3 is 2.37 bits per heavy atom. The van der Waals surface area contributed by atoms with Gasteiger partial charge in [-0.15, -0.1) is 11.3 Å². The lowest BCUT2D eigenvalue weighted by molar-refractivity contribution is -0.123. The summed E-state index contributed by atoms with van der Waals surface area (Å²) in [5.74, 6) is -0.485. The molecule has 0 aliphatic carbocycles. The van der Waals surface area contributed by atoms with Crippen molar-refractivity contribution < 1.29 is 14.4 Å². The molecule has 3 rings (SSSR count). The molecule has 1 aromatic heterocycles. The fourth-order valence-electron chi connectivity index (χ4n) is 3.39. The van der Waals surface area contributed by atoms with Crippen molar-refractivity contribution in [2.45, 2.75) is 33.6 Å². The van der Waals surface area contributed by atoms with Gasteiger partial charge in [-0.3, -0.25) is 19.3 Å². The Kier molecular flexibility index (Phi) is 7.17. The number of benzene rings is 1. The molecular weight excluding hydrogens is 402 g/mol. The Morgan fingerprint density at radius 2 is 1.77 bits per heavy atom. The van der Waals surface area contributed by atoms with Gasteiger partial charge in [0.2, 0.25) is 17.7 Å². The molecule has 0 spiro atoms. The minimum Gasteiger partial charge on any atom is -0.326 e. The number of carbonyl (C=O) groups excluding carboxylic acids is 3. The maximum Gasteiger partial charge on any atom is 0.240 e. The molecule has 9 heteroatoms. The molecule has 1 aliphatic rings. The summed E-state index contributed by atoms with van der Waals surface area (Å²) in [6, 6.07) is 7.01. The highest BCUT2D eigenvalue weighted by atomic mass is 32.1. The van der Waals surface area contributed by atoms with Crippen LogP contribution in [0.5, 0.6) is 0 Å². The zero-order chi connectivity index (χ0) is 21.7. The minimum atomic E-state index is -0.175. The van der Waals surface area contributed by atoms with E-state index in [1.165, 1.54) is 18.3 Å². The first kappa shape index (κ1) is 21.9. The number of piperidine rings is 1. The molecule has 0 bridgehead atoms. The molecule has 1 atom stereocenters. The van der Waals surface area contributed by atoms with Crippen LogP contribution >= 0.6 is 11.3 Å². The number of nitrogens with one attached hydrogen (secondary N) is 3. The number of hydrogen-bond donors (Lipinski definition) is 3. The third kappa shape index (κ3) is 6.11. The van der Waals surface area contributed by atoms with Crippen LogP contribution in [0.25, 0.3) is 0 Å². The molecular formula is C21H27N5O3S. The van der Waals surface area contributed by atoms with Crippen molar-refractivity contribution in [2.24, 2.45) is 5.92 Å². The summed E-state index contributed by atoms with van der Waals surface area (Å²) in [5.41, 5.74) is 2.29. The first-order chi connectivity index (χ1) is 14.3. The molecule has 1 unspecified atom stereocenters. The average molecular weight is 430 g/mol. The van der Waals surface area contributed by atoms with Crippen LogP contribution in [0.3, 0.4) is 0 Å². The fraction of sp³-hybridized carbons (Fsp3) is 0.429. The maximum absolute atomic E-state index is 12.7. The number of rotatable bonds is 6. The Morgan fingerprint density at radius 1 is 1.10 bits per heavy atom. The summed E-state index contributed by atoms with van der Waals surface area (Å²) in [5, 5.41) is 9.09. The van der Waals surface area contributed by atoms with Crippen LogP contribution in [0.2, 0.25) is 0 Å². The molecule has 8 nitrogen and oxygen atoms in total. The number of nitrogens with zero attached hydrogens (tertiary/aromatic N) is 2. The third-order valence-corrected chi connectivity index (χ3v) is 5.98. The van der Waals surface area contributed by atoms with E-state index in [1.807, 2.05) is 18.7 Å². The second kappa shape index (κ2) is 9.82. The fourth-order valence-corrected chi connectivity index (χ4v) is 4.22. The zero-order valence-electron chi connectivity index (χ0n) is 17.4. The van der Waals surface area contributed by atoms with Gasteiger partial charge in [-0.1, -0.05) is 0 Å². The molecule has 3 N–H and O–H groups in total. The molecule has 2 aromatic rings. The van der Waals surface area contributed by atoms with Crippen molar-refractivity contribution in [3.8, 4) is 0 Å². The lowest BCUT2D eigenvalue weighted by atomic mass is 9.97. The van der Waals surface area contributed by atoms with Gasteiger partial charge in [0.25, 0.3) is 0 Å². The van der Waals surface area contributed by atoms with E-state index >= 15 is 0 Å². The van der Waals surface area contributed by atoms with Crippen molar-refractivity contribution in [3.63, 3.8) is 0 Å². The second-order valence-electron chi connectivity index (χ2n) is 7.53. The number of anilines is 3. The Balaban J connectivity index is 1.50. The minimum absolute atomic E-state index is 0.0569. The molecule has 0 radical (unpaired) electrons. The van der Waals surface area contributed by atoms with Crippen LogP contribution < -0.4 is 16.0 Å².